The van der Waals surface area contributed by atoms with E-state index in [1.165, 1.54) is 32.2 Å². The predicted molar refractivity (Wildman–Crippen MR) is 92.5 cm³/mol. The fourth-order valence-corrected chi connectivity index (χ4v) is 3.14. The van der Waals surface area contributed by atoms with Crippen LogP contribution in [0.2, 0.25) is 0 Å². The molecule has 0 bridgehead atoms. The highest BCUT2D eigenvalue weighted by Crippen LogP contribution is 2.32. The average Bonchev–Trinajstić information content (AvgIpc) is 2.56. The number of nitro benzene ring substituents is 1. The fraction of sp³-hybridized carbons (Fsp3) is 0.176. The molecule has 0 aliphatic rings. The van der Waals surface area contributed by atoms with Gasteiger partial charge in [-0.1, -0.05) is 18.2 Å². The lowest BCUT2D eigenvalue weighted by Crippen LogP contribution is -2.11. The van der Waals surface area contributed by atoms with Gasteiger partial charge in [0.1, 0.15) is 4.90 Å². The Bertz CT molecular complexity index is 921. The normalized spacial score (nSPS) is 11.0. The largest absolute Gasteiger partial charge is 0.493 e. The lowest BCUT2D eigenvalue weighted by molar-refractivity contribution is -0.385. The van der Waals surface area contributed by atoms with E-state index in [4.69, 9.17) is 8.92 Å². The summed E-state index contributed by atoms with van der Waals surface area (Å²) in [4.78, 5) is 10.1. The smallest absolute Gasteiger partial charge is 0.339 e. The van der Waals surface area contributed by atoms with Crippen LogP contribution in [0.1, 0.15) is 11.1 Å². The zero-order valence-corrected chi connectivity index (χ0v) is 14.6. The molecule has 0 saturated carbocycles. The van der Waals surface area contributed by atoms with E-state index < -0.39 is 15.0 Å². The number of ether oxygens (including phenoxy) is 1. The lowest BCUT2D eigenvalue weighted by Gasteiger charge is -2.12. The third kappa shape index (κ3) is 4.16. The van der Waals surface area contributed by atoms with Crippen molar-refractivity contribution in [3.63, 3.8) is 0 Å². The maximum Gasteiger partial charge on any atom is 0.339 e. The van der Waals surface area contributed by atoms with Crippen molar-refractivity contribution >= 4 is 15.8 Å². The Kier molecular flexibility index (Phi) is 5.43. The first-order chi connectivity index (χ1) is 11.8. The topological polar surface area (TPSA) is 95.7 Å². The van der Waals surface area contributed by atoms with E-state index >= 15 is 0 Å². The molecule has 0 N–H and O–H groups in total. The van der Waals surface area contributed by atoms with Crippen molar-refractivity contribution in [3.8, 4) is 11.5 Å². The number of nitrogens with zero attached hydrogens (tertiary/aromatic N) is 1. The monoisotopic (exact) mass is 363 g/mol. The molecule has 0 heterocycles. The summed E-state index contributed by atoms with van der Waals surface area (Å²) in [6.45, 7) is 5.16. The Labute approximate surface area is 145 Å². The number of aryl methyl sites for hydroxylation is 1. The second kappa shape index (κ2) is 7.35. The first kappa shape index (κ1) is 18.5. The number of rotatable bonds is 7. The van der Waals surface area contributed by atoms with Crippen LogP contribution in [0.3, 0.4) is 0 Å². The molecular formula is C17H17NO6S. The van der Waals surface area contributed by atoms with E-state index in [1.807, 2.05) is 0 Å². The van der Waals surface area contributed by atoms with E-state index in [2.05, 4.69) is 6.58 Å². The molecule has 0 spiro atoms. The molecule has 2 aromatic carbocycles. The SMILES string of the molecule is C=CCc1ccc(OS(=O)(=O)c2ccc(C)c([N+](=O)[O-])c2)c(OC)c1. The van der Waals surface area contributed by atoms with E-state index in [1.54, 1.807) is 18.2 Å². The molecule has 7 nitrogen and oxygen atoms in total. The average molecular weight is 363 g/mol. The summed E-state index contributed by atoms with van der Waals surface area (Å²) in [6.07, 6.45) is 2.30. The van der Waals surface area contributed by atoms with Gasteiger partial charge in [-0.2, -0.15) is 8.42 Å². The first-order valence-electron chi connectivity index (χ1n) is 7.26. The molecular weight excluding hydrogens is 346 g/mol. The molecule has 8 heteroatoms. The third-order valence-corrected chi connectivity index (χ3v) is 4.70. The number of hydrogen-bond donors (Lipinski definition) is 0. The van der Waals surface area contributed by atoms with Crippen LogP contribution >= 0.6 is 0 Å². The summed E-state index contributed by atoms with van der Waals surface area (Å²) >= 11 is 0. The molecule has 25 heavy (non-hydrogen) atoms. The Morgan fingerprint density at radius 1 is 1.20 bits per heavy atom. The maximum absolute atomic E-state index is 12.4. The standard InChI is InChI=1S/C17H17NO6S/c1-4-5-13-7-9-16(17(10-13)23-3)24-25(21,22)14-8-6-12(2)15(11-14)18(19)20/h4,6-11H,1,5H2,2-3H3. The Balaban J connectivity index is 2.40. The van der Waals surface area contributed by atoms with Gasteiger partial charge in [0, 0.05) is 11.6 Å². The van der Waals surface area contributed by atoms with Crippen LogP contribution in [0.25, 0.3) is 0 Å². The van der Waals surface area contributed by atoms with E-state index in [9.17, 15) is 18.5 Å². The zero-order chi connectivity index (χ0) is 18.6. The van der Waals surface area contributed by atoms with Gasteiger partial charge in [0.2, 0.25) is 0 Å². The molecule has 0 radical (unpaired) electrons. The molecule has 0 unspecified atom stereocenters. The first-order valence-corrected chi connectivity index (χ1v) is 8.66. The van der Waals surface area contributed by atoms with Crippen molar-refractivity contribution < 1.29 is 22.3 Å². The van der Waals surface area contributed by atoms with Gasteiger partial charge in [-0.15, -0.1) is 6.58 Å². The van der Waals surface area contributed by atoms with Gasteiger partial charge in [0.05, 0.1) is 12.0 Å². The summed E-state index contributed by atoms with van der Waals surface area (Å²) in [5, 5.41) is 11.0. The summed E-state index contributed by atoms with van der Waals surface area (Å²) in [5.41, 5.74) is 0.941. The van der Waals surface area contributed by atoms with Crippen LogP contribution in [0.15, 0.2) is 53.9 Å². The second-order valence-electron chi connectivity index (χ2n) is 5.22. The van der Waals surface area contributed by atoms with Crippen LogP contribution in [-0.4, -0.2) is 20.5 Å². The minimum Gasteiger partial charge on any atom is -0.493 e. The van der Waals surface area contributed by atoms with Crippen LogP contribution in [0.4, 0.5) is 5.69 Å². The van der Waals surface area contributed by atoms with Crippen molar-refractivity contribution in [2.24, 2.45) is 0 Å². The summed E-state index contributed by atoms with van der Waals surface area (Å²) < 4.78 is 35.2. The Morgan fingerprint density at radius 3 is 2.52 bits per heavy atom. The van der Waals surface area contributed by atoms with E-state index in [0.717, 1.165) is 11.6 Å². The van der Waals surface area contributed by atoms with Crippen molar-refractivity contribution in [3.05, 3.63) is 70.3 Å². The second-order valence-corrected chi connectivity index (χ2v) is 6.77. The predicted octanol–water partition coefficient (Wildman–Crippen LogP) is 3.41. The number of methoxy groups -OCH3 is 1. The number of benzene rings is 2. The van der Waals surface area contributed by atoms with Gasteiger partial charge in [-0.25, -0.2) is 0 Å². The summed E-state index contributed by atoms with van der Waals surface area (Å²) in [5.74, 6) is 0.239. The zero-order valence-electron chi connectivity index (χ0n) is 13.8. The Hall–Kier alpha value is -2.87. The van der Waals surface area contributed by atoms with Crippen molar-refractivity contribution in [2.45, 2.75) is 18.2 Å². The van der Waals surface area contributed by atoms with Gasteiger partial charge < -0.3 is 8.92 Å². The molecule has 0 saturated heterocycles. The molecule has 132 valence electrons. The molecule has 2 aromatic rings. The van der Waals surface area contributed by atoms with E-state index in [-0.39, 0.29) is 22.1 Å². The number of nitro groups is 1. The van der Waals surface area contributed by atoms with Crippen molar-refractivity contribution in [2.75, 3.05) is 7.11 Å². The third-order valence-electron chi connectivity index (χ3n) is 3.47. The Morgan fingerprint density at radius 2 is 1.92 bits per heavy atom. The molecule has 0 atom stereocenters. The molecule has 0 aliphatic heterocycles. The van der Waals surface area contributed by atoms with Crippen molar-refractivity contribution in [1.29, 1.82) is 0 Å². The molecule has 0 fully saturated rings. The molecule has 0 amide bonds. The summed E-state index contributed by atoms with van der Waals surface area (Å²) in [6, 6.07) is 8.40. The summed E-state index contributed by atoms with van der Waals surface area (Å²) in [7, 11) is -2.86. The highest BCUT2D eigenvalue weighted by Gasteiger charge is 2.23. The van der Waals surface area contributed by atoms with Gasteiger partial charge in [0.15, 0.2) is 11.5 Å². The van der Waals surface area contributed by atoms with Crippen molar-refractivity contribution in [1.82, 2.24) is 0 Å². The van der Waals surface area contributed by atoms with Gasteiger partial charge in [-0.3, -0.25) is 10.1 Å². The molecule has 0 aromatic heterocycles. The van der Waals surface area contributed by atoms with Crippen LogP contribution in [0.5, 0.6) is 11.5 Å². The van der Waals surface area contributed by atoms with Crippen LogP contribution in [0, 0.1) is 17.0 Å². The fourth-order valence-electron chi connectivity index (χ4n) is 2.18. The molecule has 0 aliphatic carbocycles. The number of allylic oxidation sites excluding steroid dienone is 1. The van der Waals surface area contributed by atoms with Gasteiger partial charge in [-0.05, 0) is 37.1 Å². The number of hydrogen-bond acceptors (Lipinski definition) is 6. The maximum atomic E-state index is 12.4. The highest BCUT2D eigenvalue weighted by molar-refractivity contribution is 7.87. The quantitative estimate of drug-likeness (QED) is 0.324. The van der Waals surface area contributed by atoms with Gasteiger partial charge in [0.25, 0.3) is 5.69 Å². The highest BCUT2D eigenvalue weighted by atomic mass is 32.2. The van der Waals surface area contributed by atoms with Crippen LogP contribution in [-0.2, 0) is 16.5 Å². The minimum atomic E-state index is -4.25. The van der Waals surface area contributed by atoms with E-state index in [0.29, 0.717) is 12.0 Å². The minimum absolute atomic E-state index is 0.00135. The van der Waals surface area contributed by atoms with Crippen LogP contribution < -0.4 is 8.92 Å². The lowest BCUT2D eigenvalue weighted by atomic mass is 10.1. The molecule has 2 rings (SSSR count). The van der Waals surface area contributed by atoms with Gasteiger partial charge >= 0.3 is 10.1 Å².